The number of halogens is 2. The van der Waals surface area contributed by atoms with Crippen LogP contribution in [0.25, 0.3) is 11.4 Å². The molecular weight excluding hydrogens is 368 g/mol. The van der Waals surface area contributed by atoms with Crippen LogP contribution in [0.15, 0.2) is 47.3 Å². The molecule has 0 radical (unpaired) electrons. The van der Waals surface area contributed by atoms with Crippen molar-refractivity contribution in [3.63, 3.8) is 0 Å². The highest BCUT2D eigenvalue weighted by molar-refractivity contribution is 5.95. The van der Waals surface area contributed by atoms with Gasteiger partial charge in [-0.3, -0.25) is 9.59 Å². The molecule has 0 fully saturated rings. The number of nitrogens with zero attached hydrogens (tertiary/aromatic N) is 2. The van der Waals surface area contributed by atoms with E-state index in [9.17, 15) is 23.5 Å². The molecule has 0 aliphatic rings. The van der Waals surface area contributed by atoms with Gasteiger partial charge in [0.2, 0.25) is 5.75 Å². The molecule has 0 aliphatic heterocycles. The molecule has 2 aromatic carbocycles. The first-order valence-electron chi connectivity index (χ1n) is 8.37. The Hall–Kier alpha value is -3.55. The maximum atomic E-state index is 14.0. The number of aromatic amines is 1. The Morgan fingerprint density at radius 3 is 2.43 bits per heavy atom. The van der Waals surface area contributed by atoms with Gasteiger partial charge in [0.05, 0.1) is 5.56 Å². The van der Waals surface area contributed by atoms with Crippen LogP contribution in [0.4, 0.5) is 8.78 Å². The fourth-order valence-electron chi connectivity index (χ4n) is 2.75. The fourth-order valence-corrected chi connectivity index (χ4v) is 2.75. The quantitative estimate of drug-likeness (QED) is 0.723. The molecule has 0 saturated heterocycles. The van der Waals surface area contributed by atoms with E-state index in [2.05, 4.69) is 9.97 Å². The number of benzene rings is 2. The number of aryl methyl sites for hydroxylation is 1. The second kappa shape index (κ2) is 7.59. The van der Waals surface area contributed by atoms with Gasteiger partial charge in [0.15, 0.2) is 5.69 Å². The minimum absolute atomic E-state index is 0.197. The van der Waals surface area contributed by atoms with Crippen LogP contribution in [-0.2, 0) is 6.54 Å². The molecule has 3 rings (SSSR count). The molecule has 0 unspecified atom stereocenters. The Labute approximate surface area is 159 Å². The highest BCUT2D eigenvalue weighted by Gasteiger charge is 2.24. The molecule has 28 heavy (non-hydrogen) atoms. The van der Waals surface area contributed by atoms with E-state index in [0.29, 0.717) is 0 Å². The van der Waals surface area contributed by atoms with Crippen molar-refractivity contribution in [2.45, 2.75) is 13.5 Å². The number of aromatic nitrogens is 2. The van der Waals surface area contributed by atoms with Crippen LogP contribution < -0.4 is 5.56 Å². The number of carbonyl (C=O) groups excluding carboxylic acids is 1. The summed E-state index contributed by atoms with van der Waals surface area (Å²) in [5.74, 6) is -4.07. The second-order valence-electron chi connectivity index (χ2n) is 6.30. The molecule has 0 aliphatic carbocycles. The third-order valence-electron chi connectivity index (χ3n) is 4.31. The van der Waals surface area contributed by atoms with Crippen LogP contribution in [0, 0.1) is 18.6 Å². The van der Waals surface area contributed by atoms with Gasteiger partial charge >= 0.3 is 0 Å². The number of carbonyl (C=O) groups is 1. The summed E-state index contributed by atoms with van der Waals surface area (Å²) in [5, 5.41) is 10.0. The molecule has 6 nitrogen and oxygen atoms in total. The van der Waals surface area contributed by atoms with Crippen molar-refractivity contribution < 1.29 is 18.7 Å². The number of hydrogen-bond donors (Lipinski definition) is 2. The van der Waals surface area contributed by atoms with Gasteiger partial charge in [-0.2, -0.15) is 0 Å². The lowest BCUT2D eigenvalue weighted by atomic mass is 10.1. The Morgan fingerprint density at radius 2 is 1.79 bits per heavy atom. The van der Waals surface area contributed by atoms with Crippen molar-refractivity contribution in [1.82, 2.24) is 14.9 Å². The number of aromatic hydroxyl groups is 1. The second-order valence-corrected chi connectivity index (χ2v) is 6.30. The summed E-state index contributed by atoms with van der Waals surface area (Å²) in [5.41, 5.74) is -0.421. The number of nitrogens with one attached hydrogen (secondary N) is 1. The van der Waals surface area contributed by atoms with E-state index in [1.54, 1.807) is 0 Å². The number of H-pyrrole nitrogens is 1. The molecule has 0 bridgehead atoms. The van der Waals surface area contributed by atoms with E-state index in [-0.39, 0.29) is 6.54 Å². The topological polar surface area (TPSA) is 86.3 Å². The SMILES string of the molecule is Cc1ccccc1CN(C)C(=O)c1nc(-c2c(F)cccc2F)[nH]c(=O)c1O. The first-order valence-corrected chi connectivity index (χ1v) is 8.37. The van der Waals surface area contributed by atoms with Crippen LogP contribution in [0.3, 0.4) is 0 Å². The molecule has 1 amide bonds. The van der Waals surface area contributed by atoms with E-state index in [1.165, 1.54) is 11.9 Å². The first kappa shape index (κ1) is 19.2. The number of rotatable bonds is 4. The zero-order valence-electron chi connectivity index (χ0n) is 15.2. The predicted molar refractivity (Wildman–Crippen MR) is 98.9 cm³/mol. The van der Waals surface area contributed by atoms with Crippen molar-refractivity contribution in [3.05, 3.63) is 81.3 Å². The lowest BCUT2D eigenvalue weighted by Crippen LogP contribution is -2.29. The molecule has 2 N–H and O–H groups in total. The Morgan fingerprint density at radius 1 is 1.14 bits per heavy atom. The summed E-state index contributed by atoms with van der Waals surface area (Å²) in [6.45, 7) is 2.08. The van der Waals surface area contributed by atoms with Crippen molar-refractivity contribution >= 4 is 5.91 Å². The van der Waals surface area contributed by atoms with Crippen LogP contribution in [-0.4, -0.2) is 32.9 Å². The molecule has 8 heteroatoms. The van der Waals surface area contributed by atoms with Gasteiger partial charge in [0.1, 0.15) is 17.5 Å². The molecule has 0 atom stereocenters. The van der Waals surface area contributed by atoms with E-state index >= 15 is 0 Å². The van der Waals surface area contributed by atoms with Crippen molar-refractivity contribution in [3.8, 4) is 17.1 Å². The summed E-state index contributed by atoms with van der Waals surface area (Å²) in [7, 11) is 1.47. The maximum Gasteiger partial charge on any atom is 0.294 e. The van der Waals surface area contributed by atoms with Gasteiger partial charge in [-0.25, -0.2) is 13.8 Å². The number of amides is 1. The zero-order chi connectivity index (χ0) is 20.4. The minimum atomic E-state index is -1.07. The fraction of sp³-hybridized carbons (Fsp3) is 0.150. The van der Waals surface area contributed by atoms with E-state index in [0.717, 1.165) is 29.3 Å². The van der Waals surface area contributed by atoms with Crippen molar-refractivity contribution in [2.24, 2.45) is 0 Å². The first-order chi connectivity index (χ1) is 13.3. The average Bonchev–Trinajstić information content (AvgIpc) is 2.65. The standard InChI is InChI=1S/C20H17F2N3O3/c1-11-6-3-4-7-12(11)10-25(2)20(28)16-17(26)19(27)24-18(23-16)15-13(21)8-5-9-14(15)22/h3-9,26H,10H2,1-2H3,(H,23,24,27). The zero-order valence-corrected chi connectivity index (χ0v) is 15.2. The van der Waals surface area contributed by atoms with E-state index in [4.69, 9.17) is 0 Å². The van der Waals surface area contributed by atoms with Crippen LogP contribution in [0.5, 0.6) is 5.75 Å². The van der Waals surface area contributed by atoms with Crippen LogP contribution in [0.2, 0.25) is 0 Å². The van der Waals surface area contributed by atoms with Crippen LogP contribution in [0.1, 0.15) is 21.6 Å². The summed E-state index contributed by atoms with van der Waals surface area (Å²) >= 11 is 0. The summed E-state index contributed by atoms with van der Waals surface area (Å²) in [6, 6.07) is 10.6. The van der Waals surface area contributed by atoms with Crippen molar-refractivity contribution in [1.29, 1.82) is 0 Å². The normalized spacial score (nSPS) is 10.7. The monoisotopic (exact) mass is 385 g/mol. The van der Waals surface area contributed by atoms with Gasteiger partial charge in [-0.05, 0) is 30.2 Å². The summed E-state index contributed by atoms with van der Waals surface area (Å²) in [6.07, 6.45) is 0. The molecule has 1 heterocycles. The Bertz CT molecular complexity index is 1090. The van der Waals surface area contributed by atoms with Gasteiger partial charge in [0.25, 0.3) is 11.5 Å². The largest absolute Gasteiger partial charge is 0.501 e. The minimum Gasteiger partial charge on any atom is -0.501 e. The van der Waals surface area contributed by atoms with Gasteiger partial charge in [0, 0.05) is 13.6 Å². The van der Waals surface area contributed by atoms with Crippen molar-refractivity contribution in [2.75, 3.05) is 7.05 Å². The van der Waals surface area contributed by atoms with E-state index in [1.807, 2.05) is 31.2 Å². The number of hydrogen-bond acceptors (Lipinski definition) is 4. The smallest absolute Gasteiger partial charge is 0.294 e. The van der Waals surface area contributed by atoms with Gasteiger partial charge < -0.3 is 15.0 Å². The molecule has 3 aromatic rings. The lowest BCUT2D eigenvalue weighted by molar-refractivity contribution is 0.0775. The molecule has 0 saturated carbocycles. The Kier molecular flexibility index (Phi) is 5.21. The summed E-state index contributed by atoms with van der Waals surface area (Å²) < 4.78 is 28.1. The molecular formula is C20H17F2N3O3. The average molecular weight is 385 g/mol. The predicted octanol–water partition coefficient (Wildman–Crippen LogP) is 3.00. The summed E-state index contributed by atoms with van der Waals surface area (Å²) in [4.78, 5) is 32.0. The lowest BCUT2D eigenvalue weighted by Gasteiger charge is -2.18. The maximum absolute atomic E-state index is 14.0. The third kappa shape index (κ3) is 3.62. The third-order valence-corrected chi connectivity index (χ3v) is 4.31. The molecule has 0 spiro atoms. The highest BCUT2D eigenvalue weighted by atomic mass is 19.1. The van der Waals surface area contributed by atoms with Crippen LogP contribution >= 0.6 is 0 Å². The Balaban J connectivity index is 2.02. The molecule has 144 valence electrons. The van der Waals surface area contributed by atoms with Gasteiger partial charge in [-0.15, -0.1) is 0 Å². The van der Waals surface area contributed by atoms with E-state index < -0.39 is 45.9 Å². The highest BCUT2D eigenvalue weighted by Crippen LogP contribution is 2.24. The molecule has 1 aromatic heterocycles. The van der Waals surface area contributed by atoms with Gasteiger partial charge in [-0.1, -0.05) is 30.3 Å².